The first-order chi connectivity index (χ1) is 8.22. The van der Waals surface area contributed by atoms with Crippen molar-refractivity contribution in [3.05, 3.63) is 35.4 Å². The van der Waals surface area contributed by atoms with E-state index in [0.29, 0.717) is 6.54 Å². The first-order valence-electron chi connectivity index (χ1n) is 6.29. The van der Waals surface area contributed by atoms with Gasteiger partial charge in [-0.3, -0.25) is 0 Å². The predicted molar refractivity (Wildman–Crippen MR) is 71.2 cm³/mol. The Bertz CT molecular complexity index is 350. The molecule has 0 saturated heterocycles. The maximum absolute atomic E-state index is 11.4. The average Bonchev–Trinajstić information content (AvgIpc) is 2.29. The second kappa shape index (κ2) is 7.71. The molecule has 0 atom stereocenters. The van der Waals surface area contributed by atoms with Crippen LogP contribution in [0.25, 0.3) is 0 Å². The summed E-state index contributed by atoms with van der Waals surface area (Å²) in [7, 11) is 0. The molecule has 0 heterocycles. The number of aryl methyl sites for hydroxylation is 1. The standard InChI is InChI=1S/C14H22N2O/c1-3-4-9-15-14(17)16-10-8-13-7-5-6-12(2)11-13/h5-7,11H,3-4,8-10H2,1-2H3,(H2,15,16,17). The number of hydrogen-bond acceptors (Lipinski definition) is 1. The van der Waals surface area contributed by atoms with E-state index in [0.717, 1.165) is 25.8 Å². The highest BCUT2D eigenvalue weighted by Gasteiger charge is 1.98. The molecule has 0 saturated carbocycles. The highest BCUT2D eigenvalue weighted by atomic mass is 16.2. The third-order valence-electron chi connectivity index (χ3n) is 2.60. The van der Waals surface area contributed by atoms with Crippen LogP contribution in [-0.2, 0) is 6.42 Å². The number of hydrogen-bond donors (Lipinski definition) is 2. The predicted octanol–water partition coefficient (Wildman–Crippen LogP) is 2.64. The van der Waals surface area contributed by atoms with Crippen LogP contribution >= 0.6 is 0 Å². The Labute approximate surface area is 104 Å². The molecule has 0 bridgehead atoms. The third-order valence-corrected chi connectivity index (χ3v) is 2.60. The lowest BCUT2D eigenvalue weighted by molar-refractivity contribution is 0.241. The van der Waals surface area contributed by atoms with Crippen molar-refractivity contribution >= 4 is 6.03 Å². The van der Waals surface area contributed by atoms with Gasteiger partial charge in [-0.2, -0.15) is 0 Å². The van der Waals surface area contributed by atoms with E-state index in [1.54, 1.807) is 0 Å². The van der Waals surface area contributed by atoms with Crippen molar-refractivity contribution in [1.82, 2.24) is 10.6 Å². The Morgan fingerprint density at radius 2 is 2.00 bits per heavy atom. The molecule has 0 aliphatic carbocycles. The van der Waals surface area contributed by atoms with Crippen molar-refractivity contribution in [2.24, 2.45) is 0 Å². The number of amides is 2. The summed E-state index contributed by atoms with van der Waals surface area (Å²) in [6, 6.07) is 8.30. The zero-order valence-electron chi connectivity index (χ0n) is 10.8. The number of benzene rings is 1. The zero-order valence-corrected chi connectivity index (χ0v) is 10.8. The fourth-order valence-corrected chi connectivity index (χ4v) is 1.63. The minimum atomic E-state index is -0.0638. The minimum Gasteiger partial charge on any atom is -0.338 e. The summed E-state index contributed by atoms with van der Waals surface area (Å²) in [4.78, 5) is 11.4. The summed E-state index contributed by atoms with van der Waals surface area (Å²) in [5.74, 6) is 0. The molecule has 0 aliphatic heterocycles. The van der Waals surface area contributed by atoms with Gasteiger partial charge in [0.2, 0.25) is 0 Å². The van der Waals surface area contributed by atoms with Gasteiger partial charge in [-0.1, -0.05) is 43.2 Å². The first kappa shape index (κ1) is 13.6. The number of nitrogens with one attached hydrogen (secondary N) is 2. The quantitative estimate of drug-likeness (QED) is 0.730. The summed E-state index contributed by atoms with van der Waals surface area (Å²) in [5, 5.41) is 5.69. The van der Waals surface area contributed by atoms with Gasteiger partial charge in [0.1, 0.15) is 0 Å². The molecule has 1 rings (SSSR count). The maximum Gasteiger partial charge on any atom is 0.314 e. The molecule has 17 heavy (non-hydrogen) atoms. The van der Waals surface area contributed by atoms with Gasteiger partial charge in [-0.25, -0.2) is 4.79 Å². The molecule has 0 radical (unpaired) electrons. The average molecular weight is 234 g/mol. The molecule has 3 heteroatoms. The number of urea groups is 1. The Balaban J connectivity index is 2.17. The molecule has 0 aliphatic rings. The summed E-state index contributed by atoms with van der Waals surface area (Å²) < 4.78 is 0. The molecule has 0 unspecified atom stereocenters. The number of carbonyl (C=O) groups excluding carboxylic acids is 1. The SMILES string of the molecule is CCCCNC(=O)NCCc1cccc(C)c1. The molecular formula is C14H22N2O. The van der Waals surface area contributed by atoms with E-state index in [9.17, 15) is 4.79 Å². The van der Waals surface area contributed by atoms with Gasteiger partial charge in [0, 0.05) is 13.1 Å². The van der Waals surface area contributed by atoms with Crippen molar-refractivity contribution in [3.63, 3.8) is 0 Å². The fourth-order valence-electron chi connectivity index (χ4n) is 1.63. The Morgan fingerprint density at radius 3 is 2.71 bits per heavy atom. The van der Waals surface area contributed by atoms with Crippen molar-refractivity contribution in [1.29, 1.82) is 0 Å². The van der Waals surface area contributed by atoms with Crippen LogP contribution in [0.5, 0.6) is 0 Å². The zero-order chi connectivity index (χ0) is 12.5. The summed E-state index contributed by atoms with van der Waals surface area (Å²) in [6.45, 7) is 5.62. The molecule has 0 fully saturated rings. The highest BCUT2D eigenvalue weighted by Crippen LogP contribution is 2.03. The molecule has 3 nitrogen and oxygen atoms in total. The lowest BCUT2D eigenvalue weighted by Gasteiger charge is -2.07. The summed E-state index contributed by atoms with van der Waals surface area (Å²) in [6.07, 6.45) is 3.01. The summed E-state index contributed by atoms with van der Waals surface area (Å²) >= 11 is 0. The number of rotatable bonds is 6. The van der Waals surface area contributed by atoms with Crippen LogP contribution in [0.15, 0.2) is 24.3 Å². The van der Waals surface area contributed by atoms with Crippen molar-refractivity contribution in [2.45, 2.75) is 33.1 Å². The molecule has 0 spiro atoms. The first-order valence-corrected chi connectivity index (χ1v) is 6.29. The fraction of sp³-hybridized carbons (Fsp3) is 0.500. The second-order valence-corrected chi connectivity index (χ2v) is 4.28. The Morgan fingerprint density at radius 1 is 1.24 bits per heavy atom. The van der Waals surface area contributed by atoms with E-state index in [-0.39, 0.29) is 6.03 Å². The largest absolute Gasteiger partial charge is 0.338 e. The van der Waals surface area contributed by atoms with Crippen LogP contribution in [-0.4, -0.2) is 19.1 Å². The maximum atomic E-state index is 11.4. The van der Waals surface area contributed by atoms with Gasteiger partial charge >= 0.3 is 6.03 Å². The molecule has 2 amide bonds. The minimum absolute atomic E-state index is 0.0638. The molecule has 1 aromatic rings. The van der Waals surface area contributed by atoms with E-state index < -0.39 is 0 Å². The van der Waals surface area contributed by atoms with Crippen molar-refractivity contribution in [2.75, 3.05) is 13.1 Å². The van der Waals surface area contributed by atoms with Gasteiger partial charge in [-0.05, 0) is 25.3 Å². The molecular weight excluding hydrogens is 212 g/mol. The molecule has 1 aromatic carbocycles. The van der Waals surface area contributed by atoms with Gasteiger partial charge in [0.25, 0.3) is 0 Å². The van der Waals surface area contributed by atoms with E-state index in [1.807, 2.05) is 6.07 Å². The van der Waals surface area contributed by atoms with Crippen molar-refractivity contribution in [3.8, 4) is 0 Å². The summed E-state index contributed by atoms with van der Waals surface area (Å²) in [5.41, 5.74) is 2.52. The van der Waals surface area contributed by atoms with Crippen molar-refractivity contribution < 1.29 is 4.79 Å². The molecule has 2 N–H and O–H groups in total. The molecule has 94 valence electrons. The molecule has 0 aromatic heterocycles. The van der Waals surface area contributed by atoms with E-state index in [2.05, 4.69) is 42.7 Å². The van der Waals surface area contributed by atoms with Crippen LogP contribution in [0.4, 0.5) is 4.79 Å². The normalized spacial score (nSPS) is 10.0. The topological polar surface area (TPSA) is 41.1 Å². The van der Waals surface area contributed by atoms with E-state index >= 15 is 0 Å². The number of carbonyl (C=O) groups is 1. The van der Waals surface area contributed by atoms with E-state index in [4.69, 9.17) is 0 Å². The number of unbranched alkanes of at least 4 members (excludes halogenated alkanes) is 1. The monoisotopic (exact) mass is 234 g/mol. The van der Waals surface area contributed by atoms with Crippen LogP contribution in [0.2, 0.25) is 0 Å². The van der Waals surface area contributed by atoms with Crippen LogP contribution in [0.3, 0.4) is 0 Å². The lowest BCUT2D eigenvalue weighted by atomic mass is 10.1. The van der Waals surface area contributed by atoms with Gasteiger partial charge in [0.05, 0.1) is 0 Å². The lowest BCUT2D eigenvalue weighted by Crippen LogP contribution is -2.37. The Kier molecular flexibility index (Phi) is 6.15. The van der Waals surface area contributed by atoms with Crippen LogP contribution in [0, 0.1) is 6.92 Å². The highest BCUT2D eigenvalue weighted by molar-refractivity contribution is 5.73. The van der Waals surface area contributed by atoms with Gasteiger partial charge in [0.15, 0.2) is 0 Å². The smallest absolute Gasteiger partial charge is 0.314 e. The van der Waals surface area contributed by atoms with E-state index in [1.165, 1.54) is 11.1 Å². The van der Waals surface area contributed by atoms with Gasteiger partial charge in [-0.15, -0.1) is 0 Å². The van der Waals surface area contributed by atoms with Crippen LogP contribution < -0.4 is 10.6 Å². The third kappa shape index (κ3) is 5.95. The van der Waals surface area contributed by atoms with Crippen LogP contribution in [0.1, 0.15) is 30.9 Å². The second-order valence-electron chi connectivity index (χ2n) is 4.28. The Hall–Kier alpha value is -1.51. The van der Waals surface area contributed by atoms with Gasteiger partial charge < -0.3 is 10.6 Å².